The molecule has 0 amide bonds. The normalized spacial score (nSPS) is 32.0. The summed E-state index contributed by atoms with van der Waals surface area (Å²) in [7, 11) is 1.88. The maximum absolute atomic E-state index is 14.5. The lowest BCUT2D eigenvalue weighted by atomic mass is 9.88. The van der Waals surface area contributed by atoms with Crippen molar-refractivity contribution in [3.8, 4) is 0 Å². The highest BCUT2D eigenvalue weighted by Gasteiger charge is 2.37. The molecule has 1 aromatic rings. The van der Waals surface area contributed by atoms with Crippen LogP contribution >= 0.6 is 11.6 Å². The number of benzene rings is 1. The second-order valence-electron chi connectivity index (χ2n) is 6.33. The molecule has 114 valence electrons. The second-order valence-corrected chi connectivity index (χ2v) is 6.74. The summed E-state index contributed by atoms with van der Waals surface area (Å²) in [5, 5.41) is 5.27. The quantitative estimate of drug-likeness (QED) is 0.616. The molecule has 4 nitrogen and oxygen atoms in total. The third-order valence-electron chi connectivity index (χ3n) is 5.06. The van der Waals surface area contributed by atoms with Crippen molar-refractivity contribution in [3.63, 3.8) is 0 Å². The molecule has 4 rings (SSSR count). The first-order valence-electron chi connectivity index (χ1n) is 7.57. The number of hydrogen-bond acceptors (Lipinski definition) is 4. The number of hydrogen-bond donors (Lipinski definition) is 2. The van der Waals surface area contributed by atoms with Crippen molar-refractivity contribution in [2.75, 3.05) is 43.6 Å². The van der Waals surface area contributed by atoms with Gasteiger partial charge in [-0.05, 0) is 43.5 Å². The minimum Gasteiger partial charge on any atom is -0.368 e. The largest absolute Gasteiger partial charge is 0.368 e. The van der Waals surface area contributed by atoms with Crippen molar-refractivity contribution in [3.05, 3.63) is 23.5 Å². The summed E-state index contributed by atoms with van der Waals surface area (Å²) < 4.78 is 14.5. The number of alkyl halides is 1. The van der Waals surface area contributed by atoms with Crippen molar-refractivity contribution in [2.24, 2.45) is 11.8 Å². The van der Waals surface area contributed by atoms with Gasteiger partial charge in [-0.15, -0.1) is 0 Å². The highest BCUT2D eigenvalue weighted by atomic mass is 35.5. The van der Waals surface area contributed by atoms with Crippen LogP contribution in [0, 0.1) is 17.7 Å². The molecule has 1 aromatic carbocycles. The Hall–Kier alpha value is -1.04. The molecular weight excluding hydrogens is 291 g/mol. The van der Waals surface area contributed by atoms with Gasteiger partial charge < -0.3 is 15.6 Å². The Balaban J connectivity index is 1.71. The summed E-state index contributed by atoms with van der Waals surface area (Å²) in [5.74, 6) is 1.20. The van der Waals surface area contributed by atoms with Gasteiger partial charge in [0.05, 0.1) is 11.4 Å². The molecule has 3 aliphatic rings. The molecule has 0 saturated carbocycles. The molecule has 2 fully saturated rings. The first kappa shape index (κ1) is 13.6. The average molecular weight is 311 g/mol. The zero-order chi connectivity index (χ0) is 14.6. The number of rotatable bonds is 1. The fraction of sp³-hybridized carbons (Fsp3) is 0.600. The Labute approximate surface area is 129 Å². The molecule has 21 heavy (non-hydrogen) atoms. The van der Waals surface area contributed by atoms with Gasteiger partial charge in [-0.3, -0.25) is 0 Å². The van der Waals surface area contributed by atoms with Gasteiger partial charge in [0.15, 0.2) is 0 Å². The molecule has 3 aliphatic heterocycles. The fourth-order valence-electron chi connectivity index (χ4n) is 3.92. The Morgan fingerprint density at radius 1 is 1.29 bits per heavy atom. The van der Waals surface area contributed by atoms with Crippen LogP contribution in [0.3, 0.4) is 0 Å². The van der Waals surface area contributed by atoms with Gasteiger partial charge >= 0.3 is 0 Å². The van der Waals surface area contributed by atoms with E-state index in [-0.39, 0.29) is 11.3 Å². The molecule has 3 atom stereocenters. The number of halogens is 2. The average Bonchev–Trinajstić information content (AvgIpc) is 3.05. The first-order chi connectivity index (χ1) is 10.1. The second kappa shape index (κ2) is 5.00. The highest BCUT2D eigenvalue weighted by molar-refractivity contribution is 6.22. The van der Waals surface area contributed by atoms with E-state index in [1.165, 1.54) is 0 Å². The first-order valence-corrected chi connectivity index (χ1v) is 8.00. The van der Waals surface area contributed by atoms with Gasteiger partial charge in [0.25, 0.3) is 0 Å². The van der Waals surface area contributed by atoms with E-state index in [1.807, 2.05) is 12.1 Å². The SMILES string of the molecule is CN1Nc2ccc(F)c(N3CC[C@@H]4CNC[C@H]4C3)c2C1Cl. The molecule has 0 spiro atoms. The molecule has 1 unspecified atom stereocenters. The molecule has 0 aliphatic carbocycles. The fourth-order valence-corrected chi connectivity index (χ4v) is 4.19. The zero-order valence-electron chi connectivity index (χ0n) is 12.1. The Kier molecular flexibility index (Phi) is 3.24. The lowest BCUT2D eigenvalue weighted by Crippen LogP contribution is -2.41. The summed E-state index contributed by atoms with van der Waals surface area (Å²) >= 11 is 6.46. The summed E-state index contributed by atoms with van der Waals surface area (Å²) in [6, 6.07) is 3.32. The molecular formula is C15H20ClFN4. The van der Waals surface area contributed by atoms with Crippen LogP contribution in [0.2, 0.25) is 0 Å². The van der Waals surface area contributed by atoms with Crippen LogP contribution < -0.4 is 15.6 Å². The van der Waals surface area contributed by atoms with E-state index in [9.17, 15) is 4.39 Å². The van der Waals surface area contributed by atoms with Crippen LogP contribution in [0.5, 0.6) is 0 Å². The molecule has 3 heterocycles. The van der Waals surface area contributed by atoms with Gasteiger partial charge in [0.1, 0.15) is 11.3 Å². The van der Waals surface area contributed by atoms with Crippen LogP contribution in [0.25, 0.3) is 0 Å². The van der Waals surface area contributed by atoms with E-state index in [0.717, 1.165) is 49.8 Å². The van der Waals surface area contributed by atoms with Crippen LogP contribution in [-0.2, 0) is 0 Å². The lowest BCUT2D eigenvalue weighted by Gasteiger charge is -2.37. The highest BCUT2D eigenvalue weighted by Crippen LogP contribution is 2.45. The molecule has 6 heteroatoms. The number of fused-ring (bicyclic) bond motifs is 2. The smallest absolute Gasteiger partial charge is 0.147 e. The molecule has 2 saturated heterocycles. The summed E-state index contributed by atoms with van der Waals surface area (Å²) in [6.45, 7) is 3.97. The predicted molar refractivity (Wildman–Crippen MR) is 83.1 cm³/mol. The monoisotopic (exact) mass is 310 g/mol. The number of piperidine rings is 1. The van der Waals surface area contributed by atoms with Crippen molar-refractivity contribution in [1.82, 2.24) is 10.3 Å². The third kappa shape index (κ3) is 2.10. The summed E-state index contributed by atoms with van der Waals surface area (Å²) in [5.41, 5.74) is 5.35. The van der Waals surface area contributed by atoms with E-state index in [1.54, 1.807) is 12.1 Å². The molecule has 0 aromatic heterocycles. The van der Waals surface area contributed by atoms with E-state index in [2.05, 4.69) is 15.6 Å². The van der Waals surface area contributed by atoms with Gasteiger partial charge in [0, 0.05) is 25.7 Å². The molecule has 2 N–H and O–H groups in total. The lowest BCUT2D eigenvalue weighted by molar-refractivity contribution is 0.345. The van der Waals surface area contributed by atoms with Crippen molar-refractivity contribution >= 4 is 23.0 Å². The van der Waals surface area contributed by atoms with Crippen molar-refractivity contribution in [2.45, 2.75) is 11.9 Å². The van der Waals surface area contributed by atoms with Crippen molar-refractivity contribution < 1.29 is 4.39 Å². The number of nitrogens with zero attached hydrogens (tertiary/aromatic N) is 2. The van der Waals surface area contributed by atoms with Gasteiger partial charge in [-0.1, -0.05) is 11.6 Å². The van der Waals surface area contributed by atoms with Crippen LogP contribution in [0.4, 0.5) is 15.8 Å². The van der Waals surface area contributed by atoms with E-state index in [4.69, 9.17) is 11.6 Å². The third-order valence-corrected chi connectivity index (χ3v) is 5.57. The number of nitrogens with one attached hydrogen (secondary N) is 2. The topological polar surface area (TPSA) is 30.5 Å². The summed E-state index contributed by atoms with van der Waals surface area (Å²) in [4.78, 5) is 2.19. The number of hydrazine groups is 1. The zero-order valence-corrected chi connectivity index (χ0v) is 12.8. The standard InChI is InChI=1S/C15H20ClFN4/c1-20-15(16)13-12(19-20)3-2-11(17)14(13)21-5-4-9-6-18-7-10(9)8-21/h2-3,9-10,15,18-19H,4-8H2,1H3/t9-,10+,15?/m1/s1. The Morgan fingerprint density at radius 2 is 2.10 bits per heavy atom. The van der Waals surface area contributed by atoms with Gasteiger partial charge in [-0.2, -0.15) is 0 Å². The minimum absolute atomic E-state index is 0.166. The molecule has 0 bridgehead atoms. The minimum atomic E-state index is -0.329. The van der Waals surface area contributed by atoms with Crippen LogP contribution in [0.15, 0.2) is 12.1 Å². The van der Waals surface area contributed by atoms with E-state index in [0.29, 0.717) is 11.6 Å². The van der Waals surface area contributed by atoms with Crippen LogP contribution in [0.1, 0.15) is 17.5 Å². The van der Waals surface area contributed by atoms with Crippen molar-refractivity contribution in [1.29, 1.82) is 0 Å². The molecule has 0 radical (unpaired) electrons. The van der Waals surface area contributed by atoms with Gasteiger partial charge in [0.2, 0.25) is 0 Å². The Morgan fingerprint density at radius 3 is 2.95 bits per heavy atom. The summed E-state index contributed by atoms with van der Waals surface area (Å²) in [6.07, 6.45) is 1.12. The van der Waals surface area contributed by atoms with E-state index >= 15 is 0 Å². The maximum atomic E-state index is 14.5. The maximum Gasteiger partial charge on any atom is 0.147 e. The van der Waals surface area contributed by atoms with E-state index < -0.39 is 0 Å². The predicted octanol–water partition coefficient (Wildman–Crippen LogP) is 2.38. The van der Waals surface area contributed by atoms with Crippen LogP contribution in [-0.4, -0.2) is 38.2 Å². The van der Waals surface area contributed by atoms with Gasteiger partial charge in [-0.25, -0.2) is 9.40 Å². The Bertz CT molecular complexity index is 567. The number of anilines is 2.